The van der Waals surface area contributed by atoms with Crippen LogP contribution in [0.1, 0.15) is 25.4 Å². The first-order valence-corrected chi connectivity index (χ1v) is 6.08. The lowest BCUT2D eigenvalue weighted by Gasteiger charge is -2.05. The van der Waals surface area contributed by atoms with Crippen molar-refractivity contribution in [2.24, 2.45) is 0 Å². The number of aromatic nitrogens is 1. The lowest BCUT2D eigenvalue weighted by atomic mass is 10.3. The van der Waals surface area contributed by atoms with Crippen LogP contribution in [0.2, 0.25) is 0 Å². The second-order valence-corrected chi connectivity index (χ2v) is 4.38. The summed E-state index contributed by atoms with van der Waals surface area (Å²) in [6.45, 7) is 5.38. The first-order chi connectivity index (χ1) is 8.74. The van der Waals surface area contributed by atoms with E-state index in [4.69, 9.17) is 9.15 Å². The number of rotatable bonds is 6. The van der Waals surface area contributed by atoms with Crippen LogP contribution in [0, 0.1) is 0 Å². The van der Waals surface area contributed by atoms with Gasteiger partial charge in [0.25, 0.3) is 0 Å². The smallest absolute Gasteiger partial charge is 0.146 e. The normalized spacial score (nSPS) is 10.8. The molecule has 0 saturated heterocycles. The highest BCUT2D eigenvalue weighted by Crippen LogP contribution is 2.13. The quantitative estimate of drug-likeness (QED) is 0.851. The van der Waals surface area contributed by atoms with Gasteiger partial charge in [-0.2, -0.15) is 0 Å². The minimum absolute atomic E-state index is 0.424. The molecular weight excluding hydrogens is 228 g/mol. The van der Waals surface area contributed by atoms with E-state index in [1.165, 1.54) is 0 Å². The maximum Gasteiger partial charge on any atom is 0.146 e. The van der Waals surface area contributed by atoms with E-state index in [0.29, 0.717) is 12.6 Å². The molecule has 18 heavy (non-hydrogen) atoms. The van der Waals surface area contributed by atoms with Crippen LogP contribution in [0.5, 0.6) is 5.75 Å². The van der Waals surface area contributed by atoms with Crippen LogP contribution in [-0.2, 0) is 13.2 Å². The van der Waals surface area contributed by atoms with Gasteiger partial charge in [0.1, 0.15) is 23.9 Å². The lowest BCUT2D eigenvalue weighted by Crippen LogP contribution is -2.21. The molecule has 0 bridgehead atoms. The van der Waals surface area contributed by atoms with E-state index in [1.807, 2.05) is 24.3 Å². The standard InChI is InChI=1S/C14H18N2O2/c1-11(2)16-9-13-5-6-14(18-13)10-17-12-4-3-7-15-8-12/h3-8,11,16H,9-10H2,1-2H3. The average molecular weight is 246 g/mol. The van der Waals surface area contributed by atoms with E-state index in [0.717, 1.165) is 23.8 Å². The molecule has 4 heteroatoms. The van der Waals surface area contributed by atoms with Crippen molar-refractivity contribution in [3.63, 3.8) is 0 Å². The van der Waals surface area contributed by atoms with Crippen molar-refractivity contribution in [2.75, 3.05) is 0 Å². The second-order valence-electron chi connectivity index (χ2n) is 4.38. The largest absolute Gasteiger partial charge is 0.484 e. The molecule has 0 saturated carbocycles. The number of pyridine rings is 1. The maximum absolute atomic E-state index is 5.65. The van der Waals surface area contributed by atoms with Crippen LogP contribution < -0.4 is 10.1 Å². The van der Waals surface area contributed by atoms with Crippen molar-refractivity contribution in [3.8, 4) is 5.75 Å². The molecule has 0 aromatic carbocycles. The number of nitrogens with one attached hydrogen (secondary N) is 1. The summed E-state index contributed by atoms with van der Waals surface area (Å²) in [5.74, 6) is 2.49. The Morgan fingerprint density at radius 1 is 1.28 bits per heavy atom. The Kier molecular flexibility index (Phi) is 4.36. The van der Waals surface area contributed by atoms with Gasteiger partial charge in [0.2, 0.25) is 0 Å². The highest BCUT2D eigenvalue weighted by atomic mass is 16.5. The molecule has 0 amide bonds. The summed E-state index contributed by atoms with van der Waals surface area (Å²) in [6.07, 6.45) is 3.40. The molecule has 2 rings (SSSR count). The monoisotopic (exact) mass is 246 g/mol. The highest BCUT2D eigenvalue weighted by molar-refractivity contribution is 5.16. The Hall–Kier alpha value is -1.81. The van der Waals surface area contributed by atoms with E-state index in [1.54, 1.807) is 12.4 Å². The predicted molar refractivity (Wildman–Crippen MR) is 69.3 cm³/mol. The van der Waals surface area contributed by atoms with Gasteiger partial charge in [0.05, 0.1) is 12.7 Å². The average Bonchev–Trinajstić information content (AvgIpc) is 2.83. The van der Waals surface area contributed by atoms with E-state index >= 15 is 0 Å². The zero-order valence-electron chi connectivity index (χ0n) is 10.7. The number of furan rings is 1. The van der Waals surface area contributed by atoms with Crippen LogP contribution in [0.4, 0.5) is 0 Å². The lowest BCUT2D eigenvalue weighted by molar-refractivity contribution is 0.264. The van der Waals surface area contributed by atoms with Crippen molar-refractivity contribution < 1.29 is 9.15 Å². The molecule has 2 aromatic rings. The van der Waals surface area contributed by atoms with E-state index in [-0.39, 0.29) is 0 Å². The molecule has 4 nitrogen and oxygen atoms in total. The zero-order valence-corrected chi connectivity index (χ0v) is 10.7. The Labute approximate surface area is 107 Å². The molecule has 1 N–H and O–H groups in total. The van der Waals surface area contributed by atoms with Crippen LogP contribution in [0.25, 0.3) is 0 Å². The molecule has 0 aliphatic heterocycles. The Bertz CT molecular complexity index is 466. The van der Waals surface area contributed by atoms with Gasteiger partial charge >= 0.3 is 0 Å². The van der Waals surface area contributed by atoms with Gasteiger partial charge in [-0.05, 0) is 24.3 Å². The fraction of sp³-hybridized carbons (Fsp3) is 0.357. The van der Waals surface area contributed by atoms with Crippen molar-refractivity contribution in [1.82, 2.24) is 10.3 Å². The third kappa shape index (κ3) is 3.89. The van der Waals surface area contributed by atoms with E-state index in [9.17, 15) is 0 Å². The molecule has 0 aliphatic carbocycles. The molecule has 0 aliphatic rings. The molecule has 0 fully saturated rings. The SMILES string of the molecule is CC(C)NCc1ccc(COc2cccnc2)o1. The number of ether oxygens (including phenoxy) is 1. The first-order valence-electron chi connectivity index (χ1n) is 6.08. The highest BCUT2D eigenvalue weighted by Gasteiger charge is 2.03. The summed E-state index contributed by atoms with van der Waals surface area (Å²) in [6, 6.07) is 8.07. The van der Waals surface area contributed by atoms with Crippen LogP contribution in [0.3, 0.4) is 0 Å². The van der Waals surface area contributed by atoms with E-state index < -0.39 is 0 Å². The molecule has 2 heterocycles. The van der Waals surface area contributed by atoms with Gasteiger partial charge in [0, 0.05) is 12.2 Å². The molecular formula is C14H18N2O2. The first kappa shape index (κ1) is 12.6. The summed E-state index contributed by atoms with van der Waals surface area (Å²) >= 11 is 0. The van der Waals surface area contributed by atoms with Gasteiger partial charge < -0.3 is 14.5 Å². The van der Waals surface area contributed by atoms with Gasteiger partial charge in [-0.3, -0.25) is 4.98 Å². The zero-order chi connectivity index (χ0) is 12.8. The second kappa shape index (κ2) is 6.21. The number of hydrogen-bond donors (Lipinski definition) is 1. The molecule has 0 radical (unpaired) electrons. The summed E-state index contributed by atoms with van der Waals surface area (Å²) in [5, 5.41) is 3.30. The molecule has 0 atom stereocenters. The Morgan fingerprint density at radius 3 is 2.83 bits per heavy atom. The third-order valence-corrected chi connectivity index (χ3v) is 2.42. The predicted octanol–water partition coefficient (Wildman–Crippen LogP) is 2.75. The van der Waals surface area contributed by atoms with E-state index in [2.05, 4.69) is 24.1 Å². The third-order valence-electron chi connectivity index (χ3n) is 2.42. The van der Waals surface area contributed by atoms with Crippen molar-refractivity contribution >= 4 is 0 Å². The van der Waals surface area contributed by atoms with Gasteiger partial charge in [-0.15, -0.1) is 0 Å². The topological polar surface area (TPSA) is 47.3 Å². The molecule has 0 unspecified atom stereocenters. The van der Waals surface area contributed by atoms with Crippen molar-refractivity contribution in [1.29, 1.82) is 0 Å². The van der Waals surface area contributed by atoms with Crippen LogP contribution in [-0.4, -0.2) is 11.0 Å². The van der Waals surface area contributed by atoms with Gasteiger partial charge in [-0.1, -0.05) is 13.8 Å². The summed E-state index contributed by atoms with van der Waals surface area (Å²) in [5.41, 5.74) is 0. The van der Waals surface area contributed by atoms with Crippen molar-refractivity contribution in [2.45, 2.75) is 33.0 Å². The fourth-order valence-corrected chi connectivity index (χ4v) is 1.49. The van der Waals surface area contributed by atoms with Crippen molar-refractivity contribution in [3.05, 3.63) is 48.2 Å². The number of hydrogen-bond acceptors (Lipinski definition) is 4. The Balaban J connectivity index is 1.83. The molecule has 96 valence electrons. The summed E-state index contributed by atoms with van der Waals surface area (Å²) < 4.78 is 11.2. The summed E-state index contributed by atoms with van der Waals surface area (Å²) in [4.78, 5) is 3.99. The molecule has 2 aromatic heterocycles. The Morgan fingerprint density at radius 2 is 2.11 bits per heavy atom. The van der Waals surface area contributed by atoms with Gasteiger partial charge in [-0.25, -0.2) is 0 Å². The van der Waals surface area contributed by atoms with Crippen LogP contribution >= 0.6 is 0 Å². The maximum atomic E-state index is 5.65. The minimum Gasteiger partial charge on any atom is -0.484 e. The number of nitrogens with zero attached hydrogens (tertiary/aromatic N) is 1. The summed E-state index contributed by atoms with van der Waals surface area (Å²) in [7, 11) is 0. The minimum atomic E-state index is 0.424. The van der Waals surface area contributed by atoms with Gasteiger partial charge in [0.15, 0.2) is 0 Å². The van der Waals surface area contributed by atoms with Crippen LogP contribution in [0.15, 0.2) is 41.1 Å². The molecule has 0 spiro atoms. The fourth-order valence-electron chi connectivity index (χ4n) is 1.49.